The van der Waals surface area contributed by atoms with Gasteiger partial charge in [0.15, 0.2) is 5.75 Å². The molecule has 2 rings (SSSR count). The monoisotopic (exact) mass is 286 g/mol. The van der Waals surface area contributed by atoms with E-state index in [0.717, 1.165) is 55.6 Å². The van der Waals surface area contributed by atoms with Crippen LogP contribution in [0.2, 0.25) is 0 Å². The first kappa shape index (κ1) is 15.6. The highest BCUT2D eigenvalue weighted by Gasteiger charge is 2.18. The molecule has 1 heterocycles. The van der Waals surface area contributed by atoms with Gasteiger partial charge in [-0.3, -0.25) is 0 Å². The summed E-state index contributed by atoms with van der Waals surface area (Å²) in [5.41, 5.74) is 4.05. The van der Waals surface area contributed by atoms with Crippen LogP contribution in [0.5, 0.6) is 5.75 Å². The van der Waals surface area contributed by atoms with Gasteiger partial charge in [0.25, 0.3) is 0 Å². The Morgan fingerprint density at radius 3 is 2.38 bits per heavy atom. The van der Waals surface area contributed by atoms with E-state index in [4.69, 9.17) is 5.10 Å². The Bertz CT molecular complexity index is 587. The van der Waals surface area contributed by atoms with Crippen molar-refractivity contribution in [2.75, 3.05) is 0 Å². The average molecular weight is 286 g/mol. The summed E-state index contributed by atoms with van der Waals surface area (Å²) >= 11 is 0. The summed E-state index contributed by atoms with van der Waals surface area (Å²) in [6.07, 6.45) is 6.07. The van der Waals surface area contributed by atoms with E-state index in [1.54, 1.807) is 0 Å². The van der Waals surface area contributed by atoms with Crippen LogP contribution in [0, 0.1) is 6.92 Å². The summed E-state index contributed by atoms with van der Waals surface area (Å²) < 4.78 is 1.95. The van der Waals surface area contributed by atoms with Gasteiger partial charge in [-0.25, -0.2) is 4.68 Å². The first-order valence-corrected chi connectivity index (χ1v) is 8.04. The fourth-order valence-electron chi connectivity index (χ4n) is 2.58. The molecule has 1 N–H and O–H groups in total. The van der Waals surface area contributed by atoms with Crippen LogP contribution in [0.3, 0.4) is 0 Å². The number of unbranched alkanes of at least 4 members (excludes halogenated alkanes) is 2. The van der Waals surface area contributed by atoms with Crippen molar-refractivity contribution in [1.82, 2.24) is 9.78 Å². The second-order valence-corrected chi connectivity index (χ2v) is 5.65. The second kappa shape index (κ2) is 7.30. The topological polar surface area (TPSA) is 38.0 Å². The summed E-state index contributed by atoms with van der Waals surface area (Å²) in [6, 6.07) is 8.21. The molecule has 0 aliphatic carbocycles. The van der Waals surface area contributed by atoms with Gasteiger partial charge >= 0.3 is 0 Å². The molecule has 0 amide bonds. The number of aryl methyl sites for hydroxylation is 2. The molecule has 2 aromatic rings. The Hall–Kier alpha value is -1.77. The van der Waals surface area contributed by atoms with Crippen molar-refractivity contribution in [2.24, 2.45) is 0 Å². The summed E-state index contributed by atoms with van der Waals surface area (Å²) in [4.78, 5) is 0. The fraction of sp³-hybridized carbons (Fsp3) is 0.500. The van der Waals surface area contributed by atoms with Crippen molar-refractivity contribution in [3.8, 4) is 11.4 Å². The largest absolute Gasteiger partial charge is 0.504 e. The van der Waals surface area contributed by atoms with Gasteiger partial charge in [-0.2, -0.15) is 5.10 Å². The van der Waals surface area contributed by atoms with Crippen LogP contribution < -0.4 is 0 Å². The summed E-state index contributed by atoms with van der Waals surface area (Å²) in [6.45, 7) is 6.42. The van der Waals surface area contributed by atoms with E-state index in [1.165, 1.54) is 5.56 Å². The molecule has 0 saturated heterocycles. The van der Waals surface area contributed by atoms with Crippen molar-refractivity contribution in [2.45, 2.75) is 59.3 Å². The highest BCUT2D eigenvalue weighted by molar-refractivity contribution is 5.45. The van der Waals surface area contributed by atoms with Gasteiger partial charge in [-0.05, 0) is 44.2 Å². The van der Waals surface area contributed by atoms with E-state index in [1.807, 2.05) is 16.8 Å². The number of aromatic nitrogens is 2. The maximum absolute atomic E-state index is 10.5. The molecule has 1 aromatic heterocycles. The molecule has 0 spiro atoms. The SMILES string of the molecule is CCCCc1nn(-c2ccccc2C)c(CCCC)c1O. The molecule has 3 nitrogen and oxygen atoms in total. The van der Waals surface area contributed by atoms with Crippen molar-refractivity contribution in [1.29, 1.82) is 0 Å². The van der Waals surface area contributed by atoms with Gasteiger partial charge in [-0.1, -0.05) is 44.9 Å². The maximum Gasteiger partial charge on any atom is 0.160 e. The molecule has 0 aliphatic rings. The Labute approximate surface area is 127 Å². The first-order valence-electron chi connectivity index (χ1n) is 8.04. The summed E-state index contributed by atoms with van der Waals surface area (Å²) in [5.74, 6) is 0.403. The van der Waals surface area contributed by atoms with E-state index in [-0.39, 0.29) is 0 Å². The molecular formula is C18H26N2O. The van der Waals surface area contributed by atoms with Gasteiger partial charge < -0.3 is 5.11 Å². The normalized spacial score (nSPS) is 11.0. The van der Waals surface area contributed by atoms with Crippen LogP contribution >= 0.6 is 0 Å². The summed E-state index contributed by atoms with van der Waals surface area (Å²) in [5, 5.41) is 15.2. The number of nitrogens with zero attached hydrogens (tertiary/aromatic N) is 2. The third-order valence-electron chi connectivity index (χ3n) is 3.90. The molecular weight excluding hydrogens is 260 g/mol. The molecule has 114 valence electrons. The lowest BCUT2D eigenvalue weighted by Crippen LogP contribution is -2.04. The Morgan fingerprint density at radius 1 is 1.05 bits per heavy atom. The van der Waals surface area contributed by atoms with E-state index in [0.29, 0.717) is 5.75 Å². The van der Waals surface area contributed by atoms with Crippen LogP contribution in [-0.2, 0) is 12.8 Å². The van der Waals surface area contributed by atoms with Crippen LogP contribution in [0.15, 0.2) is 24.3 Å². The van der Waals surface area contributed by atoms with Gasteiger partial charge in [0.2, 0.25) is 0 Å². The summed E-state index contributed by atoms with van der Waals surface area (Å²) in [7, 11) is 0. The Kier molecular flexibility index (Phi) is 5.43. The van der Waals surface area contributed by atoms with E-state index in [2.05, 4.69) is 32.9 Å². The van der Waals surface area contributed by atoms with Crippen molar-refractivity contribution in [3.05, 3.63) is 41.2 Å². The van der Waals surface area contributed by atoms with E-state index >= 15 is 0 Å². The van der Waals surface area contributed by atoms with Gasteiger partial charge in [0.05, 0.1) is 11.4 Å². The van der Waals surface area contributed by atoms with Crippen LogP contribution in [0.4, 0.5) is 0 Å². The molecule has 0 aliphatic heterocycles. The quantitative estimate of drug-likeness (QED) is 0.809. The average Bonchev–Trinajstić information content (AvgIpc) is 2.80. The third-order valence-corrected chi connectivity index (χ3v) is 3.90. The second-order valence-electron chi connectivity index (χ2n) is 5.65. The number of para-hydroxylation sites is 1. The zero-order valence-corrected chi connectivity index (χ0v) is 13.4. The molecule has 0 unspecified atom stereocenters. The number of hydrogen-bond donors (Lipinski definition) is 1. The van der Waals surface area contributed by atoms with Crippen LogP contribution in [0.1, 0.15) is 56.5 Å². The smallest absolute Gasteiger partial charge is 0.160 e. The predicted octanol–water partition coefficient (Wildman–Crippen LogP) is 4.57. The highest BCUT2D eigenvalue weighted by atomic mass is 16.3. The Balaban J connectivity index is 2.45. The molecule has 1 aromatic carbocycles. The molecule has 0 saturated carbocycles. The third kappa shape index (κ3) is 3.46. The minimum atomic E-state index is 0.403. The number of rotatable bonds is 7. The zero-order chi connectivity index (χ0) is 15.2. The maximum atomic E-state index is 10.5. The molecule has 0 radical (unpaired) electrons. The van der Waals surface area contributed by atoms with Crippen molar-refractivity contribution in [3.63, 3.8) is 0 Å². The lowest BCUT2D eigenvalue weighted by Gasteiger charge is -2.09. The highest BCUT2D eigenvalue weighted by Crippen LogP contribution is 2.29. The molecule has 21 heavy (non-hydrogen) atoms. The number of benzene rings is 1. The minimum absolute atomic E-state index is 0.403. The fourth-order valence-corrected chi connectivity index (χ4v) is 2.58. The van der Waals surface area contributed by atoms with Crippen LogP contribution in [0.25, 0.3) is 5.69 Å². The molecule has 0 atom stereocenters. The standard InChI is InChI=1S/C18H26N2O/c1-4-6-11-15-18(21)17(12-7-5-2)20(19-15)16-13-9-8-10-14(16)3/h8-10,13,21H,4-7,11-12H2,1-3H3. The lowest BCUT2D eigenvalue weighted by molar-refractivity contribution is 0.458. The molecule has 0 fully saturated rings. The van der Waals surface area contributed by atoms with E-state index in [9.17, 15) is 5.11 Å². The van der Waals surface area contributed by atoms with Gasteiger partial charge in [-0.15, -0.1) is 0 Å². The molecule has 3 heteroatoms. The van der Waals surface area contributed by atoms with Crippen LogP contribution in [-0.4, -0.2) is 14.9 Å². The van der Waals surface area contributed by atoms with Gasteiger partial charge in [0, 0.05) is 0 Å². The first-order chi connectivity index (χ1) is 10.2. The van der Waals surface area contributed by atoms with Gasteiger partial charge in [0.1, 0.15) is 5.69 Å². The Morgan fingerprint density at radius 2 is 1.71 bits per heavy atom. The van der Waals surface area contributed by atoms with Crippen molar-refractivity contribution < 1.29 is 5.11 Å². The predicted molar refractivity (Wildman–Crippen MR) is 87.2 cm³/mol. The number of hydrogen-bond acceptors (Lipinski definition) is 2. The zero-order valence-electron chi connectivity index (χ0n) is 13.4. The minimum Gasteiger partial charge on any atom is -0.504 e. The lowest BCUT2D eigenvalue weighted by atomic mass is 10.1. The van der Waals surface area contributed by atoms with Crippen molar-refractivity contribution >= 4 is 0 Å². The molecule has 0 bridgehead atoms. The number of aromatic hydroxyl groups is 1. The van der Waals surface area contributed by atoms with E-state index < -0.39 is 0 Å².